The van der Waals surface area contributed by atoms with Crippen LogP contribution in [0.1, 0.15) is 16.8 Å². The Bertz CT molecular complexity index is 969. The van der Waals surface area contributed by atoms with Crippen LogP contribution >= 0.6 is 24.0 Å². The summed E-state index contributed by atoms with van der Waals surface area (Å²) in [5, 5.41) is 8.56. The van der Waals surface area contributed by atoms with Crippen LogP contribution in [0.3, 0.4) is 0 Å². The number of thioether (sulfide) groups is 1. The highest BCUT2D eigenvalue weighted by molar-refractivity contribution is 8.22. The first-order valence-corrected chi connectivity index (χ1v) is 11.8. The number of methoxy groups -OCH3 is 1. The largest absolute Gasteiger partial charge is 0.497 e. The Kier molecular flexibility index (Phi) is 7.56. The molecule has 1 aliphatic heterocycles. The van der Waals surface area contributed by atoms with E-state index in [4.69, 9.17) is 17.0 Å². The quantitative estimate of drug-likeness (QED) is 0.506. The third-order valence-corrected chi connectivity index (χ3v) is 6.87. The van der Waals surface area contributed by atoms with Gasteiger partial charge in [-0.1, -0.05) is 71.7 Å². The predicted molar refractivity (Wildman–Crippen MR) is 129 cm³/mol. The van der Waals surface area contributed by atoms with Gasteiger partial charge < -0.3 is 9.64 Å². The van der Waals surface area contributed by atoms with E-state index >= 15 is 0 Å². The van der Waals surface area contributed by atoms with Gasteiger partial charge in [0.05, 0.1) is 19.3 Å². The van der Waals surface area contributed by atoms with Crippen LogP contribution in [0.5, 0.6) is 5.75 Å². The van der Waals surface area contributed by atoms with E-state index in [1.807, 2.05) is 35.1 Å². The van der Waals surface area contributed by atoms with Crippen molar-refractivity contribution in [1.82, 2.24) is 24.8 Å². The van der Waals surface area contributed by atoms with E-state index < -0.39 is 0 Å². The topological polar surface area (TPSA) is 46.4 Å². The predicted octanol–water partition coefficient (Wildman–Crippen LogP) is 3.67. The molecule has 8 heteroatoms. The SMILES string of the molecule is COc1ccc(Cn2cc(CSC(=S)N3CCN(Cc4ccccc4)CC3)nn2)cc1. The number of hydrogen-bond donors (Lipinski definition) is 0. The van der Waals surface area contributed by atoms with E-state index in [2.05, 4.69) is 50.4 Å². The van der Waals surface area contributed by atoms with Crippen LogP contribution in [-0.4, -0.2) is 62.4 Å². The Morgan fingerprint density at radius 3 is 2.39 bits per heavy atom. The van der Waals surface area contributed by atoms with Crippen LogP contribution in [0, 0.1) is 0 Å². The molecule has 1 saturated heterocycles. The van der Waals surface area contributed by atoms with Crippen LogP contribution in [0.4, 0.5) is 0 Å². The first-order valence-electron chi connectivity index (χ1n) is 10.4. The molecule has 1 fully saturated rings. The maximum atomic E-state index is 5.68. The Morgan fingerprint density at radius 1 is 0.968 bits per heavy atom. The Balaban J connectivity index is 1.20. The van der Waals surface area contributed by atoms with Crippen molar-refractivity contribution < 1.29 is 4.74 Å². The molecule has 6 nitrogen and oxygen atoms in total. The Labute approximate surface area is 193 Å². The Hall–Kier alpha value is -2.42. The minimum atomic E-state index is 0.690. The zero-order valence-electron chi connectivity index (χ0n) is 17.7. The number of benzene rings is 2. The van der Waals surface area contributed by atoms with Crippen LogP contribution in [0.2, 0.25) is 0 Å². The number of piperazine rings is 1. The van der Waals surface area contributed by atoms with Crippen LogP contribution in [-0.2, 0) is 18.8 Å². The summed E-state index contributed by atoms with van der Waals surface area (Å²) in [6, 6.07) is 18.7. The lowest BCUT2D eigenvalue weighted by Gasteiger charge is -2.35. The summed E-state index contributed by atoms with van der Waals surface area (Å²) in [4.78, 5) is 4.80. The maximum absolute atomic E-state index is 5.68. The second kappa shape index (κ2) is 10.7. The van der Waals surface area contributed by atoms with Gasteiger partial charge in [-0.15, -0.1) is 5.10 Å². The van der Waals surface area contributed by atoms with E-state index in [-0.39, 0.29) is 0 Å². The van der Waals surface area contributed by atoms with Crippen LogP contribution in [0.15, 0.2) is 60.8 Å². The first-order chi connectivity index (χ1) is 15.2. The van der Waals surface area contributed by atoms with Crippen molar-refractivity contribution in [2.75, 3.05) is 33.3 Å². The summed E-state index contributed by atoms with van der Waals surface area (Å²) in [7, 11) is 1.67. The zero-order valence-corrected chi connectivity index (χ0v) is 19.3. The van der Waals surface area contributed by atoms with E-state index in [1.165, 1.54) is 5.56 Å². The number of rotatable bonds is 7. The number of hydrogen-bond acceptors (Lipinski definition) is 6. The lowest BCUT2D eigenvalue weighted by molar-refractivity contribution is 0.179. The average molecular weight is 454 g/mol. The molecule has 0 aliphatic carbocycles. The van der Waals surface area contributed by atoms with Gasteiger partial charge in [-0.25, -0.2) is 4.68 Å². The lowest BCUT2D eigenvalue weighted by Crippen LogP contribution is -2.47. The zero-order chi connectivity index (χ0) is 21.5. The molecule has 31 heavy (non-hydrogen) atoms. The van der Waals surface area contributed by atoms with Crippen molar-refractivity contribution in [3.05, 3.63) is 77.6 Å². The molecule has 0 spiro atoms. The molecule has 2 heterocycles. The number of thiocarbonyl (C=S) groups is 1. The second-order valence-corrected chi connectivity index (χ2v) is 9.17. The molecule has 0 saturated carbocycles. The lowest BCUT2D eigenvalue weighted by atomic mass is 10.2. The van der Waals surface area contributed by atoms with Crippen molar-refractivity contribution in [3.63, 3.8) is 0 Å². The summed E-state index contributed by atoms with van der Waals surface area (Å²) in [5.74, 6) is 1.60. The number of ether oxygens (including phenoxy) is 1. The summed E-state index contributed by atoms with van der Waals surface area (Å²) >= 11 is 7.35. The number of nitrogens with zero attached hydrogens (tertiary/aromatic N) is 5. The smallest absolute Gasteiger partial charge is 0.136 e. The minimum Gasteiger partial charge on any atom is -0.497 e. The van der Waals surface area contributed by atoms with Gasteiger partial charge in [0.1, 0.15) is 10.1 Å². The molecule has 0 atom stereocenters. The summed E-state index contributed by atoms with van der Waals surface area (Å²) < 4.78 is 8.02. The molecular formula is C23H27N5OS2. The standard InChI is InChI=1S/C23H27N5OS2/c1-29-22-9-7-20(8-10-22)16-28-17-21(24-25-28)18-31-23(30)27-13-11-26(12-14-27)15-19-5-3-2-4-6-19/h2-10,17H,11-16,18H2,1H3. The van der Waals surface area contributed by atoms with Gasteiger partial charge >= 0.3 is 0 Å². The fourth-order valence-electron chi connectivity index (χ4n) is 3.56. The van der Waals surface area contributed by atoms with Gasteiger partial charge in [-0.2, -0.15) is 0 Å². The molecular weight excluding hydrogens is 426 g/mol. The van der Waals surface area contributed by atoms with Crippen molar-refractivity contribution in [1.29, 1.82) is 0 Å². The first kappa shape index (κ1) is 21.8. The van der Waals surface area contributed by atoms with Gasteiger partial charge in [0.15, 0.2) is 0 Å². The molecule has 0 unspecified atom stereocenters. The van der Waals surface area contributed by atoms with Crippen molar-refractivity contribution in [2.45, 2.75) is 18.8 Å². The molecule has 162 valence electrons. The van der Waals surface area contributed by atoms with Gasteiger partial charge in [0, 0.05) is 44.7 Å². The highest BCUT2D eigenvalue weighted by Gasteiger charge is 2.19. The van der Waals surface area contributed by atoms with Crippen molar-refractivity contribution in [3.8, 4) is 5.75 Å². The van der Waals surface area contributed by atoms with Gasteiger partial charge in [0.25, 0.3) is 0 Å². The molecule has 4 rings (SSSR count). The summed E-state index contributed by atoms with van der Waals surface area (Å²) in [5.41, 5.74) is 3.48. The normalized spacial score (nSPS) is 14.5. The third-order valence-electron chi connectivity index (χ3n) is 5.31. The van der Waals surface area contributed by atoms with E-state index in [0.717, 1.165) is 59.8 Å². The molecule has 0 radical (unpaired) electrons. The second-order valence-electron chi connectivity index (χ2n) is 7.56. The molecule has 2 aromatic carbocycles. The highest BCUT2D eigenvalue weighted by atomic mass is 32.2. The maximum Gasteiger partial charge on any atom is 0.136 e. The van der Waals surface area contributed by atoms with Crippen molar-refractivity contribution >= 4 is 28.3 Å². The summed E-state index contributed by atoms with van der Waals surface area (Å²) in [6.07, 6.45) is 2.00. The number of aromatic nitrogens is 3. The van der Waals surface area contributed by atoms with Gasteiger partial charge in [-0.05, 0) is 23.3 Å². The van der Waals surface area contributed by atoms with Crippen LogP contribution in [0.25, 0.3) is 0 Å². The Morgan fingerprint density at radius 2 is 1.68 bits per heavy atom. The molecule has 1 aromatic heterocycles. The molecule has 0 bridgehead atoms. The van der Waals surface area contributed by atoms with Crippen LogP contribution < -0.4 is 4.74 Å². The summed E-state index contributed by atoms with van der Waals surface area (Å²) in [6.45, 7) is 5.72. The van der Waals surface area contributed by atoms with Gasteiger partial charge in [-0.3, -0.25) is 4.90 Å². The average Bonchev–Trinajstić information content (AvgIpc) is 3.26. The fourth-order valence-corrected chi connectivity index (χ4v) is 4.69. The minimum absolute atomic E-state index is 0.690. The van der Waals surface area contributed by atoms with Crippen molar-refractivity contribution in [2.24, 2.45) is 0 Å². The van der Waals surface area contributed by atoms with E-state index in [9.17, 15) is 0 Å². The fraction of sp³-hybridized carbons (Fsp3) is 0.348. The monoisotopic (exact) mass is 453 g/mol. The highest BCUT2D eigenvalue weighted by Crippen LogP contribution is 2.18. The molecule has 0 N–H and O–H groups in total. The molecule has 1 aliphatic rings. The molecule has 0 amide bonds. The van der Waals surface area contributed by atoms with Gasteiger partial charge in [0.2, 0.25) is 0 Å². The third kappa shape index (κ3) is 6.29. The van der Waals surface area contributed by atoms with E-state index in [0.29, 0.717) is 6.54 Å². The van der Waals surface area contributed by atoms with E-state index in [1.54, 1.807) is 18.9 Å². The molecule has 3 aromatic rings.